The van der Waals surface area contributed by atoms with E-state index < -0.39 is 23.9 Å². The molecule has 1 aromatic rings. The molecule has 106 valence electrons. The lowest BCUT2D eigenvalue weighted by Crippen LogP contribution is -2.31. The maximum atomic E-state index is 12.4. The second kappa shape index (κ2) is 5.51. The molecule has 1 aliphatic carbocycles. The van der Waals surface area contributed by atoms with E-state index >= 15 is 0 Å². The summed E-state index contributed by atoms with van der Waals surface area (Å²) >= 11 is 0. The van der Waals surface area contributed by atoms with Crippen molar-refractivity contribution >= 4 is 0 Å². The average Bonchev–Trinajstić information content (AvgIpc) is 2.90. The lowest BCUT2D eigenvalue weighted by Gasteiger charge is -2.24. The average molecular weight is 273 g/mol. The highest BCUT2D eigenvalue weighted by Crippen LogP contribution is 2.34. The highest BCUT2D eigenvalue weighted by Gasteiger charge is 2.32. The molecule has 1 aromatic carbocycles. The van der Waals surface area contributed by atoms with Crippen molar-refractivity contribution in [3.05, 3.63) is 35.4 Å². The van der Waals surface area contributed by atoms with E-state index in [0.29, 0.717) is 5.56 Å². The molecular formula is C14H18F3NO. The number of aliphatic hydroxyl groups excluding tert-OH is 1. The molecule has 2 rings (SSSR count). The van der Waals surface area contributed by atoms with E-state index in [1.54, 1.807) is 0 Å². The summed E-state index contributed by atoms with van der Waals surface area (Å²) in [6.45, 7) is 0. The van der Waals surface area contributed by atoms with E-state index in [0.717, 1.165) is 37.8 Å². The van der Waals surface area contributed by atoms with Gasteiger partial charge in [-0.05, 0) is 36.5 Å². The third-order valence-electron chi connectivity index (χ3n) is 3.87. The van der Waals surface area contributed by atoms with Crippen molar-refractivity contribution in [3.63, 3.8) is 0 Å². The molecule has 0 saturated heterocycles. The Kier molecular flexibility index (Phi) is 4.16. The molecule has 1 aliphatic rings. The van der Waals surface area contributed by atoms with E-state index in [9.17, 15) is 18.3 Å². The largest absolute Gasteiger partial charge is 0.416 e. The molecule has 1 saturated carbocycles. The van der Waals surface area contributed by atoms with Crippen molar-refractivity contribution in [1.29, 1.82) is 0 Å². The zero-order valence-electron chi connectivity index (χ0n) is 10.5. The van der Waals surface area contributed by atoms with Gasteiger partial charge in [-0.1, -0.05) is 25.0 Å². The summed E-state index contributed by atoms with van der Waals surface area (Å²) in [6.07, 6.45) is -0.972. The van der Waals surface area contributed by atoms with Crippen LogP contribution in [0.1, 0.15) is 42.9 Å². The normalized spacial score (nSPS) is 20.5. The van der Waals surface area contributed by atoms with E-state index in [-0.39, 0.29) is 5.92 Å². The lowest BCUT2D eigenvalue weighted by atomic mass is 9.90. The Labute approximate surface area is 110 Å². The van der Waals surface area contributed by atoms with Crippen LogP contribution in [0.5, 0.6) is 0 Å². The molecule has 0 aromatic heterocycles. The molecule has 0 heterocycles. The van der Waals surface area contributed by atoms with Crippen molar-refractivity contribution in [2.24, 2.45) is 11.7 Å². The lowest BCUT2D eigenvalue weighted by molar-refractivity contribution is -0.137. The Hall–Kier alpha value is -1.07. The predicted molar refractivity (Wildman–Crippen MR) is 66.3 cm³/mol. The number of hydrogen-bond acceptors (Lipinski definition) is 2. The summed E-state index contributed by atoms with van der Waals surface area (Å²) in [6, 6.07) is 4.11. The molecule has 0 bridgehead atoms. The van der Waals surface area contributed by atoms with Crippen LogP contribution in [0.4, 0.5) is 13.2 Å². The van der Waals surface area contributed by atoms with Gasteiger partial charge in [-0.25, -0.2) is 0 Å². The van der Waals surface area contributed by atoms with Gasteiger partial charge in [0.2, 0.25) is 0 Å². The summed E-state index contributed by atoms with van der Waals surface area (Å²) in [5.74, 6) is 0.164. The standard InChI is InChI=1S/C14H18F3NO/c15-14(16,17)11-7-5-9(6-8-11)12(18)13(19)10-3-1-2-4-10/h5-8,10,12-13,19H,1-4,18H2/t12-,13+/m1/s1. The zero-order valence-corrected chi connectivity index (χ0v) is 10.5. The fourth-order valence-corrected chi connectivity index (χ4v) is 2.68. The molecule has 3 N–H and O–H groups in total. The minimum absolute atomic E-state index is 0.164. The Balaban J connectivity index is 2.08. The van der Waals surface area contributed by atoms with Crippen molar-refractivity contribution in [3.8, 4) is 0 Å². The fourth-order valence-electron chi connectivity index (χ4n) is 2.68. The van der Waals surface area contributed by atoms with E-state index in [4.69, 9.17) is 5.73 Å². The molecule has 1 fully saturated rings. The Morgan fingerprint density at radius 3 is 2.11 bits per heavy atom. The summed E-state index contributed by atoms with van der Waals surface area (Å²) < 4.78 is 37.3. The van der Waals surface area contributed by atoms with Crippen molar-refractivity contribution < 1.29 is 18.3 Å². The number of halogens is 3. The van der Waals surface area contributed by atoms with Crippen LogP contribution in [0, 0.1) is 5.92 Å². The number of alkyl halides is 3. The quantitative estimate of drug-likeness (QED) is 0.888. The third kappa shape index (κ3) is 3.28. The van der Waals surface area contributed by atoms with Gasteiger partial charge in [-0.3, -0.25) is 0 Å². The fraction of sp³-hybridized carbons (Fsp3) is 0.571. The van der Waals surface area contributed by atoms with Gasteiger partial charge in [-0.2, -0.15) is 13.2 Å². The molecule has 0 amide bonds. The monoisotopic (exact) mass is 273 g/mol. The van der Waals surface area contributed by atoms with E-state index in [1.807, 2.05) is 0 Å². The van der Waals surface area contributed by atoms with Gasteiger partial charge in [0.1, 0.15) is 0 Å². The Morgan fingerprint density at radius 2 is 1.63 bits per heavy atom. The van der Waals surface area contributed by atoms with Crippen LogP contribution in [0.2, 0.25) is 0 Å². The van der Waals surface area contributed by atoms with Gasteiger partial charge in [0.05, 0.1) is 17.7 Å². The predicted octanol–water partition coefficient (Wildman–Crippen LogP) is 3.26. The number of nitrogens with two attached hydrogens (primary N) is 1. The van der Waals surface area contributed by atoms with Crippen molar-refractivity contribution in [2.75, 3.05) is 0 Å². The van der Waals surface area contributed by atoms with Gasteiger partial charge in [0.15, 0.2) is 0 Å². The molecule has 2 nitrogen and oxygen atoms in total. The highest BCUT2D eigenvalue weighted by molar-refractivity contribution is 5.27. The van der Waals surface area contributed by atoms with Crippen LogP contribution in [0.3, 0.4) is 0 Å². The smallest absolute Gasteiger partial charge is 0.391 e. The summed E-state index contributed by atoms with van der Waals surface area (Å²) in [5.41, 5.74) is 5.80. The Morgan fingerprint density at radius 1 is 1.11 bits per heavy atom. The van der Waals surface area contributed by atoms with Crippen molar-refractivity contribution in [1.82, 2.24) is 0 Å². The molecule has 0 radical (unpaired) electrons. The minimum atomic E-state index is -4.34. The third-order valence-corrected chi connectivity index (χ3v) is 3.87. The summed E-state index contributed by atoms with van der Waals surface area (Å²) in [7, 11) is 0. The second-order valence-corrected chi connectivity index (χ2v) is 5.18. The van der Waals surface area contributed by atoms with Crippen LogP contribution in [0.15, 0.2) is 24.3 Å². The number of hydrogen-bond donors (Lipinski definition) is 2. The maximum Gasteiger partial charge on any atom is 0.416 e. The van der Waals surface area contributed by atoms with E-state index in [2.05, 4.69) is 0 Å². The van der Waals surface area contributed by atoms with Gasteiger partial charge in [-0.15, -0.1) is 0 Å². The van der Waals surface area contributed by atoms with Gasteiger partial charge >= 0.3 is 6.18 Å². The van der Waals surface area contributed by atoms with Gasteiger partial charge in [0, 0.05) is 0 Å². The molecule has 0 aliphatic heterocycles. The topological polar surface area (TPSA) is 46.2 Å². The molecule has 2 atom stereocenters. The van der Waals surface area contributed by atoms with Crippen LogP contribution in [-0.4, -0.2) is 11.2 Å². The van der Waals surface area contributed by atoms with Crippen LogP contribution in [0.25, 0.3) is 0 Å². The van der Waals surface area contributed by atoms with Gasteiger partial charge in [0.25, 0.3) is 0 Å². The van der Waals surface area contributed by atoms with Crippen LogP contribution in [-0.2, 0) is 6.18 Å². The number of aliphatic hydroxyl groups is 1. The first-order valence-electron chi connectivity index (χ1n) is 6.50. The SMILES string of the molecule is N[C@H](c1ccc(C(F)(F)F)cc1)[C@@H](O)C1CCCC1. The molecule has 0 spiro atoms. The summed E-state index contributed by atoms with van der Waals surface area (Å²) in [4.78, 5) is 0. The molecular weight excluding hydrogens is 255 g/mol. The van der Waals surface area contributed by atoms with Crippen LogP contribution >= 0.6 is 0 Å². The van der Waals surface area contributed by atoms with Crippen molar-refractivity contribution in [2.45, 2.75) is 44.0 Å². The maximum absolute atomic E-state index is 12.4. The Bertz CT molecular complexity index is 410. The minimum Gasteiger partial charge on any atom is -0.391 e. The highest BCUT2D eigenvalue weighted by atomic mass is 19.4. The zero-order chi connectivity index (χ0) is 14.0. The number of benzene rings is 1. The van der Waals surface area contributed by atoms with Crippen LogP contribution < -0.4 is 5.73 Å². The van der Waals surface area contributed by atoms with E-state index in [1.165, 1.54) is 12.1 Å². The first kappa shape index (κ1) is 14.3. The first-order valence-corrected chi connectivity index (χ1v) is 6.50. The molecule has 0 unspecified atom stereocenters. The molecule has 19 heavy (non-hydrogen) atoms. The summed E-state index contributed by atoms with van der Waals surface area (Å²) in [5, 5.41) is 10.2. The first-order chi connectivity index (χ1) is 8.89. The van der Waals surface area contributed by atoms with Gasteiger partial charge < -0.3 is 10.8 Å². The number of rotatable bonds is 3. The molecule has 5 heteroatoms. The second-order valence-electron chi connectivity index (χ2n) is 5.18.